The number of furan rings is 1. The Morgan fingerprint density at radius 1 is 1.32 bits per heavy atom. The summed E-state index contributed by atoms with van der Waals surface area (Å²) in [7, 11) is 1.65. The molecule has 0 fully saturated rings. The number of hydrogen-bond donors (Lipinski definition) is 1. The van der Waals surface area contributed by atoms with Crippen molar-refractivity contribution >= 4 is 0 Å². The lowest BCUT2D eigenvalue weighted by Gasteiger charge is -2.24. The highest BCUT2D eigenvalue weighted by atomic mass is 16.5. The van der Waals surface area contributed by atoms with E-state index in [0.29, 0.717) is 31.8 Å². The van der Waals surface area contributed by atoms with E-state index in [4.69, 9.17) is 14.4 Å². The first kappa shape index (κ1) is 16.2. The molecule has 0 aliphatic carbocycles. The quantitative estimate of drug-likeness (QED) is 0.810. The normalized spacial score (nSPS) is 12.3. The van der Waals surface area contributed by atoms with Crippen molar-refractivity contribution in [1.82, 2.24) is 4.90 Å². The van der Waals surface area contributed by atoms with Gasteiger partial charge in [-0.05, 0) is 29.8 Å². The molecule has 1 unspecified atom stereocenters. The van der Waals surface area contributed by atoms with Gasteiger partial charge in [-0.2, -0.15) is 5.26 Å². The first-order chi connectivity index (χ1) is 10.7. The summed E-state index contributed by atoms with van der Waals surface area (Å²) in [6, 6.07) is 12.8. The van der Waals surface area contributed by atoms with Gasteiger partial charge in [0.05, 0.1) is 37.2 Å². The molecular formula is C17H20N2O3. The summed E-state index contributed by atoms with van der Waals surface area (Å²) < 4.78 is 10.5. The standard InChI is InChI=1S/C17H20N2O3/c1-21-10-8-19(12-16-3-2-9-22-16)13-17(20)15-6-4-14(11-18)5-7-15/h2-7,9,17,20H,8,10,12-13H2,1H3. The van der Waals surface area contributed by atoms with Crippen LogP contribution in [0.5, 0.6) is 0 Å². The number of nitriles is 1. The van der Waals surface area contributed by atoms with Gasteiger partial charge in [-0.3, -0.25) is 4.90 Å². The molecule has 1 aromatic heterocycles. The zero-order chi connectivity index (χ0) is 15.8. The smallest absolute Gasteiger partial charge is 0.117 e. The number of rotatable bonds is 8. The van der Waals surface area contributed by atoms with Gasteiger partial charge in [-0.15, -0.1) is 0 Å². The van der Waals surface area contributed by atoms with Gasteiger partial charge in [0.25, 0.3) is 0 Å². The molecule has 22 heavy (non-hydrogen) atoms. The first-order valence-corrected chi connectivity index (χ1v) is 7.14. The Balaban J connectivity index is 1.99. The molecule has 0 radical (unpaired) electrons. The Labute approximate surface area is 130 Å². The zero-order valence-corrected chi connectivity index (χ0v) is 12.6. The van der Waals surface area contributed by atoms with Gasteiger partial charge in [0.2, 0.25) is 0 Å². The summed E-state index contributed by atoms with van der Waals surface area (Å²) in [6.07, 6.45) is 1.01. The molecular weight excluding hydrogens is 280 g/mol. The van der Waals surface area contributed by atoms with E-state index in [1.54, 1.807) is 37.6 Å². The SMILES string of the molecule is COCCN(Cc1ccco1)CC(O)c1ccc(C#N)cc1. The summed E-state index contributed by atoms with van der Waals surface area (Å²) in [6.45, 7) is 2.37. The molecule has 0 aliphatic heterocycles. The minimum atomic E-state index is -0.625. The lowest BCUT2D eigenvalue weighted by atomic mass is 10.1. The summed E-state index contributed by atoms with van der Waals surface area (Å²) in [5.41, 5.74) is 1.38. The van der Waals surface area contributed by atoms with Gasteiger partial charge in [-0.1, -0.05) is 12.1 Å². The van der Waals surface area contributed by atoms with Crippen molar-refractivity contribution in [1.29, 1.82) is 5.26 Å². The minimum Gasteiger partial charge on any atom is -0.468 e. The maximum Gasteiger partial charge on any atom is 0.117 e. The van der Waals surface area contributed by atoms with E-state index < -0.39 is 6.10 Å². The second-order valence-electron chi connectivity index (χ2n) is 5.06. The molecule has 1 aromatic carbocycles. The molecule has 2 aromatic rings. The van der Waals surface area contributed by atoms with Crippen molar-refractivity contribution in [2.45, 2.75) is 12.6 Å². The van der Waals surface area contributed by atoms with Gasteiger partial charge < -0.3 is 14.3 Å². The van der Waals surface area contributed by atoms with Crippen LogP contribution in [-0.4, -0.2) is 36.8 Å². The van der Waals surface area contributed by atoms with Gasteiger partial charge in [0, 0.05) is 20.2 Å². The van der Waals surface area contributed by atoms with E-state index in [-0.39, 0.29) is 0 Å². The van der Waals surface area contributed by atoms with Crippen LogP contribution in [0.2, 0.25) is 0 Å². The number of aliphatic hydroxyl groups excluding tert-OH is 1. The van der Waals surface area contributed by atoms with Crippen molar-refractivity contribution in [2.24, 2.45) is 0 Å². The Hall–Kier alpha value is -2.13. The Bertz CT molecular complexity index is 587. The fourth-order valence-corrected chi connectivity index (χ4v) is 2.21. The topological polar surface area (TPSA) is 69.6 Å². The molecule has 1 N–H and O–H groups in total. The number of hydrogen-bond acceptors (Lipinski definition) is 5. The van der Waals surface area contributed by atoms with E-state index in [1.165, 1.54) is 0 Å². The third kappa shape index (κ3) is 4.71. The van der Waals surface area contributed by atoms with Crippen LogP contribution in [0.1, 0.15) is 23.0 Å². The van der Waals surface area contributed by atoms with Crippen LogP contribution < -0.4 is 0 Å². The Morgan fingerprint density at radius 2 is 2.09 bits per heavy atom. The number of benzene rings is 1. The largest absolute Gasteiger partial charge is 0.468 e. The molecule has 0 aliphatic rings. The van der Waals surface area contributed by atoms with E-state index >= 15 is 0 Å². The molecule has 0 bridgehead atoms. The number of methoxy groups -OCH3 is 1. The Kier molecular flexibility index (Phi) is 6.16. The molecule has 5 heteroatoms. The van der Waals surface area contributed by atoms with Crippen LogP contribution in [0.3, 0.4) is 0 Å². The summed E-state index contributed by atoms with van der Waals surface area (Å²) in [5.74, 6) is 0.850. The van der Waals surface area contributed by atoms with E-state index in [9.17, 15) is 5.11 Å². The van der Waals surface area contributed by atoms with Crippen LogP contribution >= 0.6 is 0 Å². The fraction of sp³-hybridized carbons (Fsp3) is 0.353. The third-order valence-electron chi connectivity index (χ3n) is 3.43. The predicted octanol–water partition coefficient (Wildman–Crippen LogP) is 2.33. The molecule has 116 valence electrons. The lowest BCUT2D eigenvalue weighted by molar-refractivity contribution is 0.0811. The predicted molar refractivity (Wildman–Crippen MR) is 82.0 cm³/mol. The van der Waals surface area contributed by atoms with Gasteiger partial charge >= 0.3 is 0 Å². The number of nitrogens with zero attached hydrogens (tertiary/aromatic N) is 2. The minimum absolute atomic E-state index is 0.468. The van der Waals surface area contributed by atoms with Gasteiger partial charge in [0.1, 0.15) is 5.76 Å². The zero-order valence-electron chi connectivity index (χ0n) is 12.6. The molecule has 5 nitrogen and oxygen atoms in total. The molecule has 0 saturated carbocycles. The van der Waals surface area contributed by atoms with Crippen LogP contribution in [0.25, 0.3) is 0 Å². The molecule has 1 heterocycles. The van der Waals surface area contributed by atoms with E-state index in [2.05, 4.69) is 11.0 Å². The van der Waals surface area contributed by atoms with Crippen LogP contribution in [0, 0.1) is 11.3 Å². The fourth-order valence-electron chi connectivity index (χ4n) is 2.21. The second kappa shape index (κ2) is 8.35. The molecule has 0 spiro atoms. The van der Waals surface area contributed by atoms with Crippen LogP contribution in [0.4, 0.5) is 0 Å². The lowest BCUT2D eigenvalue weighted by Crippen LogP contribution is -2.31. The number of ether oxygens (including phenoxy) is 1. The average Bonchev–Trinajstić information content (AvgIpc) is 3.05. The number of aliphatic hydroxyl groups is 1. The summed E-state index contributed by atoms with van der Waals surface area (Å²) in [5, 5.41) is 19.2. The van der Waals surface area contributed by atoms with Crippen LogP contribution in [-0.2, 0) is 11.3 Å². The van der Waals surface area contributed by atoms with Crippen molar-refractivity contribution < 1.29 is 14.3 Å². The second-order valence-corrected chi connectivity index (χ2v) is 5.06. The van der Waals surface area contributed by atoms with E-state index in [0.717, 1.165) is 11.3 Å². The van der Waals surface area contributed by atoms with Gasteiger partial charge in [-0.25, -0.2) is 0 Å². The van der Waals surface area contributed by atoms with Gasteiger partial charge in [0.15, 0.2) is 0 Å². The molecule has 0 saturated heterocycles. The maximum atomic E-state index is 10.4. The summed E-state index contributed by atoms with van der Waals surface area (Å²) in [4.78, 5) is 2.07. The maximum absolute atomic E-state index is 10.4. The summed E-state index contributed by atoms with van der Waals surface area (Å²) >= 11 is 0. The monoisotopic (exact) mass is 300 g/mol. The van der Waals surface area contributed by atoms with E-state index in [1.807, 2.05) is 12.1 Å². The highest BCUT2D eigenvalue weighted by Crippen LogP contribution is 2.16. The van der Waals surface area contributed by atoms with Crippen LogP contribution in [0.15, 0.2) is 47.1 Å². The highest BCUT2D eigenvalue weighted by Gasteiger charge is 2.15. The molecule has 0 amide bonds. The third-order valence-corrected chi connectivity index (χ3v) is 3.43. The Morgan fingerprint density at radius 3 is 2.68 bits per heavy atom. The molecule has 2 rings (SSSR count). The van der Waals surface area contributed by atoms with Crippen molar-refractivity contribution in [3.8, 4) is 6.07 Å². The molecule has 1 atom stereocenters. The first-order valence-electron chi connectivity index (χ1n) is 7.14. The van der Waals surface area contributed by atoms with Crippen molar-refractivity contribution in [3.05, 3.63) is 59.5 Å². The van der Waals surface area contributed by atoms with Crippen molar-refractivity contribution in [3.63, 3.8) is 0 Å². The average molecular weight is 300 g/mol. The van der Waals surface area contributed by atoms with Crippen molar-refractivity contribution in [2.75, 3.05) is 26.8 Å². The highest BCUT2D eigenvalue weighted by molar-refractivity contribution is 5.32.